The minimum atomic E-state index is 0. The van der Waals surface area contributed by atoms with Gasteiger partial charge in [0.15, 0.2) is 0 Å². The van der Waals surface area contributed by atoms with Crippen LogP contribution in [0.25, 0.3) is 0 Å². The summed E-state index contributed by atoms with van der Waals surface area (Å²) in [5.41, 5.74) is 0. The van der Waals surface area contributed by atoms with Crippen molar-refractivity contribution in [3.8, 4) is 0 Å². The van der Waals surface area contributed by atoms with Gasteiger partial charge in [-0.25, -0.2) is 0 Å². The topological polar surface area (TPSA) is 0 Å². The molecule has 4 heavy (non-hydrogen) atoms. The van der Waals surface area contributed by atoms with Crippen LogP contribution in [0.15, 0.2) is 0 Å². The van der Waals surface area contributed by atoms with Crippen molar-refractivity contribution < 1.29 is 85.2 Å². The van der Waals surface area contributed by atoms with Gasteiger partial charge in [-0.15, -0.1) is 0 Å². The van der Waals surface area contributed by atoms with E-state index in [0.717, 1.165) is 0 Å². The zero-order valence-corrected chi connectivity index (χ0v) is 8.66. The molecule has 0 aromatic heterocycles. The van der Waals surface area contributed by atoms with Crippen molar-refractivity contribution in [2.45, 2.75) is 0 Å². The van der Waals surface area contributed by atoms with Crippen molar-refractivity contribution in [2.24, 2.45) is 0 Å². The predicted molar refractivity (Wildman–Crippen MR) is 5.75 cm³/mol. The molecular formula is ErSiTiZr. The van der Waals surface area contributed by atoms with Gasteiger partial charge >= 0.3 is 0 Å². The zero-order chi connectivity index (χ0) is 0. The Labute approximate surface area is 94.1 Å². The van der Waals surface area contributed by atoms with E-state index in [9.17, 15) is 0 Å². The summed E-state index contributed by atoms with van der Waals surface area (Å²) in [5.74, 6) is 0. The molecule has 0 aliphatic carbocycles. The minimum Gasteiger partial charge on any atom is 0 e. The molecule has 0 aliphatic rings. The van der Waals surface area contributed by atoms with Gasteiger partial charge in [0.25, 0.3) is 0 Å². The molecule has 4 heteroatoms. The average Bonchev–Trinajstić information content (AvgIpc) is 0. The average molecular weight is 334 g/mol. The fourth-order valence-electron chi connectivity index (χ4n) is 0. The largest absolute Gasteiger partial charge is 0 e. The molecule has 0 atom stereocenters. The van der Waals surface area contributed by atoms with Crippen molar-refractivity contribution in [3.05, 3.63) is 0 Å². The van der Waals surface area contributed by atoms with Crippen LogP contribution in [0.4, 0.5) is 0 Å². The first-order valence-electron chi connectivity index (χ1n) is 0. The number of rotatable bonds is 0. The second-order valence-corrected chi connectivity index (χ2v) is 0. The smallest absolute Gasteiger partial charge is 0 e. The SMILES string of the molecule is [Er].[Si].[Ti].[Zr]. The Morgan fingerprint density at radius 3 is 1.00 bits per heavy atom. The summed E-state index contributed by atoms with van der Waals surface area (Å²) >= 11 is 0. The second kappa shape index (κ2) is 16.6. The summed E-state index contributed by atoms with van der Waals surface area (Å²) in [7, 11) is 0. The molecule has 0 spiro atoms. The Hall–Kier alpha value is 3.06. The molecular weight excluding hydrogens is 334 g/mol. The van der Waals surface area contributed by atoms with Crippen LogP contribution < -0.4 is 0 Å². The maximum atomic E-state index is 0. The van der Waals surface area contributed by atoms with E-state index in [2.05, 4.69) is 0 Å². The van der Waals surface area contributed by atoms with Gasteiger partial charge in [0, 0.05) is 96.2 Å². The van der Waals surface area contributed by atoms with E-state index in [1.165, 1.54) is 0 Å². The molecule has 0 N–H and O–H groups in total. The van der Waals surface area contributed by atoms with Gasteiger partial charge < -0.3 is 0 Å². The monoisotopic (exact) mass is 332 g/mol. The fraction of sp³-hybridized carbons (Fsp3) is 0. The van der Waals surface area contributed by atoms with Crippen LogP contribution in [0.2, 0.25) is 0 Å². The molecule has 0 saturated carbocycles. The Morgan fingerprint density at radius 2 is 1.00 bits per heavy atom. The molecule has 0 heterocycles. The van der Waals surface area contributed by atoms with Crippen LogP contribution in [-0.4, -0.2) is 11.0 Å². The minimum absolute atomic E-state index is 0. The molecule has 0 nitrogen and oxygen atoms in total. The molecule has 0 aromatic rings. The van der Waals surface area contributed by atoms with Crippen LogP contribution in [0.5, 0.6) is 0 Å². The third kappa shape index (κ3) is 8.91. The van der Waals surface area contributed by atoms with E-state index in [1.54, 1.807) is 0 Å². The summed E-state index contributed by atoms with van der Waals surface area (Å²) in [6.45, 7) is 0. The van der Waals surface area contributed by atoms with Crippen molar-refractivity contribution >= 4 is 11.0 Å². The molecule has 0 saturated heterocycles. The molecule has 24 valence electrons. The second-order valence-electron chi connectivity index (χ2n) is 0. The molecule has 0 bridgehead atoms. The Balaban J connectivity index is 0. The van der Waals surface area contributed by atoms with Crippen LogP contribution in [-0.2, 0) is 47.9 Å². The van der Waals surface area contributed by atoms with Gasteiger partial charge in [-0.05, 0) is 0 Å². The molecule has 4 radical (unpaired) electrons. The first kappa shape index (κ1) is 27.7. The molecule has 0 rings (SSSR count). The molecule has 0 unspecified atom stereocenters. The van der Waals surface area contributed by atoms with Gasteiger partial charge in [-0.3, -0.25) is 0 Å². The van der Waals surface area contributed by atoms with E-state index in [-0.39, 0.29) is 96.2 Å². The standard InChI is InChI=1S/Er.Si.Ti.Zr. The summed E-state index contributed by atoms with van der Waals surface area (Å²) < 4.78 is 0. The normalized spacial score (nSPS) is 0. The molecule has 0 aliphatic heterocycles. The van der Waals surface area contributed by atoms with Gasteiger partial charge in [-0.2, -0.15) is 0 Å². The third-order valence-corrected chi connectivity index (χ3v) is 0. The van der Waals surface area contributed by atoms with E-state index in [4.69, 9.17) is 0 Å². The summed E-state index contributed by atoms with van der Waals surface area (Å²) in [6.07, 6.45) is 0. The zero-order valence-electron chi connectivity index (χ0n) is 1.79. The quantitative estimate of drug-likeness (QED) is 0.530. The van der Waals surface area contributed by atoms with E-state index in [0.29, 0.717) is 0 Å². The van der Waals surface area contributed by atoms with Gasteiger partial charge in [0.05, 0.1) is 0 Å². The van der Waals surface area contributed by atoms with Crippen molar-refractivity contribution in [1.29, 1.82) is 0 Å². The van der Waals surface area contributed by atoms with Crippen LogP contribution in [0.3, 0.4) is 0 Å². The maximum Gasteiger partial charge on any atom is 0 e. The van der Waals surface area contributed by atoms with Crippen molar-refractivity contribution in [1.82, 2.24) is 0 Å². The van der Waals surface area contributed by atoms with Crippen molar-refractivity contribution in [2.75, 3.05) is 0 Å². The fourth-order valence-corrected chi connectivity index (χ4v) is 0. The predicted octanol–water partition coefficient (Wildman–Crippen LogP) is -0.386. The van der Waals surface area contributed by atoms with E-state index < -0.39 is 0 Å². The third-order valence-electron chi connectivity index (χ3n) is 0. The Bertz CT molecular complexity index is 8.00. The Kier molecular flexibility index (Phi) is 115. The summed E-state index contributed by atoms with van der Waals surface area (Å²) in [6, 6.07) is 0. The van der Waals surface area contributed by atoms with Crippen LogP contribution in [0, 0.1) is 37.3 Å². The molecule has 0 aromatic carbocycles. The molecule has 0 fully saturated rings. The summed E-state index contributed by atoms with van der Waals surface area (Å²) in [5, 5.41) is 0. The first-order valence-corrected chi connectivity index (χ1v) is 0. The summed E-state index contributed by atoms with van der Waals surface area (Å²) in [4.78, 5) is 0. The van der Waals surface area contributed by atoms with E-state index in [1.807, 2.05) is 0 Å². The van der Waals surface area contributed by atoms with Crippen LogP contribution in [0.1, 0.15) is 0 Å². The van der Waals surface area contributed by atoms with E-state index >= 15 is 0 Å². The van der Waals surface area contributed by atoms with Gasteiger partial charge in [0.2, 0.25) is 0 Å². The Morgan fingerprint density at radius 1 is 1.00 bits per heavy atom. The van der Waals surface area contributed by atoms with Gasteiger partial charge in [0.1, 0.15) is 0 Å². The van der Waals surface area contributed by atoms with Crippen molar-refractivity contribution in [3.63, 3.8) is 0 Å². The molecule has 0 amide bonds. The first-order chi connectivity index (χ1) is 0. The van der Waals surface area contributed by atoms with Crippen LogP contribution >= 0.6 is 0 Å². The number of hydrogen-bond donors (Lipinski definition) is 0. The maximum absolute atomic E-state index is 0. The van der Waals surface area contributed by atoms with Gasteiger partial charge in [-0.1, -0.05) is 0 Å². The number of hydrogen-bond acceptors (Lipinski definition) is 0.